The number of aromatic nitrogens is 4. The molecule has 2 saturated heterocycles. The van der Waals surface area contributed by atoms with Crippen molar-refractivity contribution in [1.82, 2.24) is 19.5 Å². The van der Waals surface area contributed by atoms with Gasteiger partial charge in [0.15, 0.2) is 17.4 Å². The second kappa shape index (κ2) is 10.3. The summed E-state index contributed by atoms with van der Waals surface area (Å²) in [7, 11) is 0.775. The van der Waals surface area contributed by atoms with Crippen LogP contribution < -0.4 is 21.0 Å². The van der Waals surface area contributed by atoms with Crippen molar-refractivity contribution >= 4 is 42.5 Å². The van der Waals surface area contributed by atoms with Crippen LogP contribution in [0.3, 0.4) is 0 Å². The predicted molar refractivity (Wildman–Crippen MR) is 149 cm³/mol. The molecule has 208 valence electrons. The molecule has 2 aliphatic rings. The molecule has 1 amide bonds. The highest BCUT2D eigenvalue weighted by molar-refractivity contribution is 6.82. The van der Waals surface area contributed by atoms with E-state index in [2.05, 4.69) is 32.4 Å². The molecule has 4 aromatic rings. The number of anilines is 2. The summed E-state index contributed by atoms with van der Waals surface area (Å²) in [6.45, 7) is 1.04. The van der Waals surface area contributed by atoms with Gasteiger partial charge in [0, 0.05) is 37.9 Å². The third kappa shape index (κ3) is 4.51. The minimum atomic E-state index is -3.19. The summed E-state index contributed by atoms with van der Waals surface area (Å²) in [4.78, 5) is 37.6. The highest BCUT2D eigenvalue weighted by Crippen LogP contribution is 2.43. The lowest BCUT2D eigenvalue weighted by Gasteiger charge is -2.31. The number of hydrogen-bond donors (Lipinski definition) is 3. The molecule has 2 fully saturated rings. The van der Waals surface area contributed by atoms with Crippen molar-refractivity contribution in [2.45, 2.75) is 37.5 Å². The Balaban J connectivity index is 1.46. The molecule has 0 aliphatic carbocycles. The number of para-hydroxylation sites is 1. The molecule has 2 aromatic heterocycles. The number of aliphatic hydroxyl groups excluding tert-OH is 1. The molecule has 2 aliphatic heterocycles. The number of rotatable bonds is 7. The van der Waals surface area contributed by atoms with Crippen molar-refractivity contribution in [2.24, 2.45) is 0 Å². The zero-order valence-corrected chi connectivity index (χ0v) is 23.3. The number of aliphatic hydroxyl groups is 1. The predicted octanol–water partition coefficient (Wildman–Crippen LogP) is 0.949. The molecule has 3 N–H and O–H groups in total. The standard InChI is InChI=1S/C27H30N6O6Si/c1-16(35)29-27-30-24-21(25(36)31-27)28-15-33(24)26-23-22(19(13-34)37-26)38-40(39-23,14-17-9-5-4-6-10-17)20-12-8-7-11-18(20)32(2)3/h4-12,15,19,22-23,26,34H,13-14H2,1-3H3,(H2,29,30,31,35,36)/t19-,22+,23?,26-,40?/m1/s1. The lowest BCUT2D eigenvalue weighted by molar-refractivity contribution is -0.114. The molecular weight excluding hydrogens is 532 g/mol. The van der Waals surface area contributed by atoms with E-state index in [1.54, 1.807) is 4.57 Å². The van der Waals surface area contributed by atoms with Gasteiger partial charge in [0.25, 0.3) is 5.56 Å². The molecule has 5 atom stereocenters. The van der Waals surface area contributed by atoms with Gasteiger partial charge in [0.2, 0.25) is 11.9 Å². The zero-order chi connectivity index (χ0) is 28.0. The van der Waals surface area contributed by atoms with E-state index in [0.717, 1.165) is 16.4 Å². The Bertz CT molecular complexity index is 1610. The summed E-state index contributed by atoms with van der Waals surface area (Å²) in [6.07, 6.45) is -1.20. The van der Waals surface area contributed by atoms with Gasteiger partial charge in [-0.25, -0.2) is 4.98 Å². The Morgan fingerprint density at radius 2 is 1.85 bits per heavy atom. The molecule has 13 heteroatoms. The third-order valence-corrected chi connectivity index (χ3v) is 10.6. The van der Waals surface area contributed by atoms with E-state index in [1.165, 1.54) is 13.3 Å². The number of nitrogens with one attached hydrogen (secondary N) is 2. The third-order valence-electron chi connectivity index (χ3n) is 7.20. The monoisotopic (exact) mass is 562 g/mol. The van der Waals surface area contributed by atoms with Crippen molar-refractivity contribution in [2.75, 3.05) is 30.9 Å². The average Bonchev–Trinajstić information content (AvgIpc) is 3.61. The number of aromatic amines is 1. The van der Waals surface area contributed by atoms with Gasteiger partial charge in [-0.3, -0.25) is 24.5 Å². The number of carbonyl (C=O) groups excluding carboxylic acids is 1. The number of benzene rings is 2. The van der Waals surface area contributed by atoms with Crippen LogP contribution in [-0.4, -0.2) is 78.1 Å². The summed E-state index contributed by atoms with van der Waals surface area (Å²) in [5.41, 5.74) is 1.86. The van der Waals surface area contributed by atoms with Gasteiger partial charge >= 0.3 is 8.56 Å². The topological polar surface area (TPSA) is 144 Å². The molecule has 2 unspecified atom stereocenters. The molecule has 0 radical (unpaired) electrons. The van der Waals surface area contributed by atoms with Crippen molar-refractivity contribution in [3.8, 4) is 0 Å². The summed E-state index contributed by atoms with van der Waals surface area (Å²) < 4.78 is 21.8. The first-order valence-electron chi connectivity index (χ1n) is 13.0. The molecule has 0 spiro atoms. The molecule has 12 nitrogen and oxygen atoms in total. The number of hydrogen-bond acceptors (Lipinski definition) is 9. The second-order valence-electron chi connectivity index (χ2n) is 10.2. The van der Waals surface area contributed by atoms with Crippen LogP contribution in [0.1, 0.15) is 18.7 Å². The summed E-state index contributed by atoms with van der Waals surface area (Å²) in [5, 5.41) is 13.8. The average molecular weight is 563 g/mol. The summed E-state index contributed by atoms with van der Waals surface area (Å²) in [5.74, 6) is -0.383. The van der Waals surface area contributed by atoms with Gasteiger partial charge in [-0.1, -0.05) is 48.5 Å². The quantitative estimate of drug-likeness (QED) is 0.281. The highest BCUT2D eigenvalue weighted by Gasteiger charge is 2.62. The first kappa shape index (κ1) is 26.3. The van der Waals surface area contributed by atoms with Gasteiger partial charge in [-0.05, 0) is 11.6 Å². The van der Waals surface area contributed by atoms with E-state index in [1.807, 2.05) is 61.5 Å². The van der Waals surface area contributed by atoms with Crippen LogP contribution in [0, 0.1) is 0 Å². The van der Waals surface area contributed by atoms with Crippen LogP contribution in [0.5, 0.6) is 0 Å². The minimum Gasteiger partial charge on any atom is -0.394 e. The summed E-state index contributed by atoms with van der Waals surface area (Å²) >= 11 is 0. The second-order valence-corrected chi connectivity index (χ2v) is 13.0. The van der Waals surface area contributed by atoms with Crippen molar-refractivity contribution in [3.05, 3.63) is 76.8 Å². The van der Waals surface area contributed by atoms with Crippen LogP contribution in [0.25, 0.3) is 11.2 Å². The smallest absolute Gasteiger partial charge is 0.380 e. The first-order chi connectivity index (χ1) is 19.3. The lowest BCUT2D eigenvalue weighted by atomic mass is 10.1. The van der Waals surface area contributed by atoms with E-state index in [0.29, 0.717) is 6.04 Å². The number of imidazole rings is 1. The van der Waals surface area contributed by atoms with E-state index in [4.69, 9.17) is 13.6 Å². The lowest BCUT2D eigenvalue weighted by Crippen LogP contribution is -2.55. The number of nitrogens with zero attached hydrogens (tertiary/aromatic N) is 4. The van der Waals surface area contributed by atoms with Gasteiger partial charge in [0.05, 0.1) is 12.9 Å². The number of H-pyrrole nitrogens is 1. The van der Waals surface area contributed by atoms with Crippen LogP contribution in [0.4, 0.5) is 11.6 Å². The maximum absolute atomic E-state index is 12.7. The fourth-order valence-electron chi connectivity index (χ4n) is 5.51. The Hall–Kier alpha value is -3.88. The van der Waals surface area contributed by atoms with E-state index in [-0.39, 0.29) is 29.6 Å². The largest absolute Gasteiger partial charge is 0.394 e. The van der Waals surface area contributed by atoms with Crippen molar-refractivity contribution in [3.63, 3.8) is 0 Å². The zero-order valence-electron chi connectivity index (χ0n) is 22.3. The Labute approximate surface area is 230 Å². The number of fused-ring (bicyclic) bond motifs is 2. The number of amides is 1. The minimum absolute atomic E-state index is 0.00342. The molecular formula is C27H30N6O6Si. The molecule has 6 rings (SSSR count). The van der Waals surface area contributed by atoms with Gasteiger partial charge in [0.1, 0.15) is 18.3 Å². The number of carbonyl (C=O) groups is 1. The van der Waals surface area contributed by atoms with E-state index in [9.17, 15) is 14.7 Å². The van der Waals surface area contributed by atoms with Crippen LogP contribution in [0.15, 0.2) is 65.7 Å². The fraction of sp³-hybridized carbons (Fsp3) is 0.333. The molecule has 4 heterocycles. The van der Waals surface area contributed by atoms with E-state index < -0.39 is 38.7 Å². The SMILES string of the molecule is CC(=O)Nc1nc2c(ncn2[C@@H]2O[C@H](CO)[C@@H]3O[Si](Cc4ccccc4)(c4ccccc4N(C)C)OC32)c(=O)[nH]1. The molecule has 0 bridgehead atoms. The van der Waals surface area contributed by atoms with Crippen LogP contribution in [0.2, 0.25) is 0 Å². The Morgan fingerprint density at radius 3 is 2.58 bits per heavy atom. The highest BCUT2D eigenvalue weighted by atomic mass is 28.4. The van der Waals surface area contributed by atoms with Crippen molar-refractivity contribution < 1.29 is 23.5 Å². The van der Waals surface area contributed by atoms with Crippen LogP contribution >= 0.6 is 0 Å². The normalized spacial score (nSPS) is 25.7. The van der Waals surface area contributed by atoms with Gasteiger partial charge in [-0.2, -0.15) is 4.98 Å². The maximum atomic E-state index is 12.7. The first-order valence-corrected chi connectivity index (χ1v) is 15.0. The fourth-order valence-corrected chi connectivity index (χ4v) is 9.41. The Morgan fingerprint density at radius 1 is 1.12 bits per heavy atom. The Kier molecular flexibility index (Phi) is 6.76. The maximum Gasteiger partial charge on any atom is 0.380 e. The molecule has 2 aromatic carbocycles. The molecule has 0 saturated carbocycles. The van der Waals surface area contributed by atoms with Gasteiger partial charge < -0.3 is 23.6 Å². The van der Waals surface area contributed by atoms with Crippen LogP contribution in [-0.2, 0) is 24.4 Å². The van der Waals surface area contributed by atoms with E-state index >= 15 is 0 Å². The van der Waals surface area contributed by atoms with Gasteiger partial charge in [-0.15, -0.1) is 0 Å². The van der Waals surface area contributed by atoms with Crippen molar-refractivity contribution in [1.29, 1.82) is 0 Å². The molecule has 40 heavy (non-hydrogen) atoms. The summed E-state index contributed by atoms with van der Waals surface area (Å²) in [6, 6.07) is 18.6. The number of ether oxygens (including phenoxy) is 1.